The first-order valence-electron chi connectivity index (χ1n) is 58.5. The van der Waals surface area contributed by atoms with Crippen LogP contribution in [0.25, 0.3) is 0 Å². The van der Waals surface area contributed by atoms with Gasteiger partial charge in [-0.25, -0.2) is 0 Å². The Balaban J connectivity index is -0.000000210. The summed E-state index contributed by atoms with van der Waals surface area (Å²) in [5.41, 5.74) is -3.01. The number of fused-ring (bicyclic) bond motifs is 9. The Morgan fingerprint density at radius 1 is 0.245 bits per heavy atom. The molecule has 14 atom stereocenters. The maximum Gasteiger partial charge on any atom is 0.312 e. The minimum atomic E-state index is -0.362. The molecule has 0 aromatic rings. The predicted octanol–water partition coefficient (Wildman–Crippen LogP) is 44.0. The van der Waals surface area contributed by atoms with E-state index < -0.39 is 0 Å². The van der Waals surface area contributed by atoms with E-state index in [0.29, 0.717) is 29.6 Å². The minimum Gasteiger partial charge on any atom is -0.459 e. The van der Waals surface area contributed by atoms with Crippen molar-refractivity contribution in [1.29, 1.82) is 0 Å². The van der Waals surface area contributed by atoms with E-state index in [9.17, 15) is 28.8 Å². The molecule has 0 aromatic carbocycles. The number of carbonyl (C=O) groups excluding carboxylic acids is 6. The Bertz CT molecular complexity index is 3340. The molecular weight excluding hydrogens is 1810 g/mol. The third kappa shape index (κ3) is 44.3. The van der Waals surface area contributed by atoms with E-state index in [1.165, 1.54) is 250 Å². The van der Waals surface area contributed by atoms with Gasteiger partial charge in [-0.05, 0) is 426 Å². The van der Waals surface area contributed by atoms with Crippen LogP contribution in [0.15, 0.2) is 0 Å². The molecule has 17 saturated carbocycles. The van der Waals surface area contributed by atoms with E-state index in [1.54, 1.807) is 0 Å². The van der Waals surface area contributed by atoms with Crippen LogP contribution in [0.4, 0.5) is 0 Å². The van der Waals surface area contributed by atoms with Crippen LogP contribution in [0, 0.1) is 139 Å². The highest BCUT2D eigenvalue weighted by Crippen LogP contribution is 2.67. The highest BCUT2D eigenvalue weighted by molar-refractivity contribution is 5.79. The maximum absolute atomic E-state index is 12.6. The van der Waals surface area contributed by atoms with E-state index in [2.05, 4.69) is 152 Å². The van der Waals surface area contributed by atoms with Gasteiger partial charge in [-0.15, -0.1) is 0 Å². The third-order valence-electron chi connectivity index (χ3n) is 38.8. The number of rotatable bonds is 24. The zero-order valence-corrected chi connectivity index (χ0v) is 96.6. The lowest BCUT2D eigenvalue weighted by Crippen LogP contribution is -2.58. The fourth-order valence-electron chi connectivity index (χ4n) is 26.0. The first-order valence-corrected chi connectivity index (χ1v) is 58.5. The van der Waals surface area contributed by atoms with Crippen molar-refractivity contribution < 1.29 is 57.2 Å². The molecule has 12 bridgehead atoms. The monoisotopic (exact) mass is 2090 g/mol. The summed E-state index contributed by atoms with van der Waals surface area (Å²) in [6.45, 7) is 77.4. The van der Waals surface area contributed by atoms with Gasteiger partial charge in [0.05, 0.1) is 32.5 Å². The van der Waals surface area contributed by atoms with Crippen molar-refractivity contribution in [2.45, 2.75) is 700 Å². The maximum atomic E-state index is 12.6. The van der Waals surface area contributed by atoms with Gasteiger partial charge in [0.15, 0.2) is 0 Å². The van der Waals surface area contributed by atoms with Gasteiger partial charge in [-0.1, -0.05) is 329 Å². The molecule has 14 unspecified atom stereocenters. The average Bonchev–Trinajstić information content (AvgIpc) is 1.13. The van der Waals surface area contributed by atoms with Crippen molar-refractivity contribution in [3.05, 3.63) is 0 Å². The summed E-state index contributed by atoms with van der Waals surface area (Å²) in [6, 6.07) is 0. The van der Waals surface area contributed by atoms with E-state index in [4.69, 9.17) is 28.4 Å². The van der Waals surface area contributed by atoms with E-state index in [-0.39, 0.29) is 196 Å². The van der Waals surface area contributed by atoms with Crippen LogP contribution < -0.4 is 0 Å². The highest BCUT2D eigenvalue weighted by Gasteiger charge is 2.64. The molecule has 147 heavy (non-hydrogen) atoms. The van der Waals surface area contributed by atoms with Crippen LogP contribution in [-0.2, 0) is 57.2 Å². The minimum absolute atomic E-state index is 0. The third-order valence-corrected chi connectivity index (χ3v) is 38.8. The summed E-state index contributed by atoms with van der Waals surface area (Å²) in [5.74, 6) is 13.6. The van der Waals surface area contributed by atoms with Crippen LogP contribution in [0.1, 0.15) is 666 Å². The first kappa shape index (κ1) is 161. The molecule has 0 spiro atoms. The van der Waals surface area contributed by atoms with Gasteiger partial charge in [0.1, 0.15) is 33.6 Å². The second-order valence-corrected chi connectivity index (χ2v) is 52.1. The van der Waals surface area contributed by atoms with Crippen molar-refractivity contribution in [3.63, 3.8) is 0 Å². The number of esters is 6. The van der Waals surface area contributed by atoms with E-state index in [0.717, 1.165) is 142 Å². The molecule has 12 heteroatoms. The summed E-state index contributed by atoms with van der Waals surface area (Å²) in [6.07, 6.45) is 62.4. The van der Waals surface area contributed by atoms with Crippen LogP contribution in [-0.4, -0.2) is 69.4 Å². The number of carbonyl (C=O) groups is 6. The van der Waals surface area contributed by atoms with Gasteiger partial charge in [-0.3, -0.25) is 28.8 Å². The second kappa shape index (κ2) is 71.9. The average molecular weight is 2090 g/mol. The predicted molar refractivity (Wildman–Crippen MR) is 651 cm³/mol. The molecule has 0 N–H and O–H groups in total. The zero-order chi connectivity index (χ0) is 102. The number of hydrogen-bond acceptors (Lipinski definition) is 12. The molecule has 0 aliphatic heterocycles. The summed E-state index contributed by atoms with van der Waals surface area (Å²) in [7, 11) is 0. The number of unbranched alkanes of at least 4 members (excludes halogenated alkanes) is 5. The summed E-state index contributed by atoms with van der Waals surface area (Å²) < 4.78 is 36.2. The molecule has 888 valence electrons. The zero-order valence-electron chi connectivity index (χ0n) is 96.6. The van der Waals surface area contributed by atoms with Crippen molar-refractivity contribution in [2.75, 3.05) is 0 Å². The first-order chi connectivity index (χ1) is 63.1. The quantitative estimate of drug-likeness (QED) is 0.0666. The van der Waals surface area contributed by atoms with E-state index >= 15 is 0 Å². The fraction of sp³-hybridized carbons (Fsp3) is 0.956. The smallest absolute Gasteiger partial charge is 0.312 e. The number of ether oxygens (including phenoxy) is 6. The summed E-state index contributed by atoms with van der Waals surface area (Å²) in [5, 5.41) is 0. The largest absolute Gasteiger partial charge is 0.459 e. The summed E-state index contributed by atoms with van der Waals surface area (Å²) >= 11 is 0. The van der Waals surface area contributed by atoms with Gasteiger partial charge in [0.2, 0.25) is 0 Å². The number of hydrogen-bond donors (Lipinski definition) is 0. The van der Waals surface area contributed by atoms with Crippen LogP contribution >= 0.6 is 0 Å². The SMILES string of the molecule is C.C.C.C.C.C.C.C.C.C.C.C.CC.CCC(C)(C)C(=O)OC(C)(C)C12CC3CC(CC(C3)C1)C2.CCC(C)(C)C(=O)OC1(C)C2CC3CC(C2)CC1C3.CCC(C)(C)C(=O)OC1(C)CC2CC1C1CCCC21.CCC(C)(C)C(=O)OC1(C)CC2CCC1C2.CCC(C)(C)C(=O)OC1(C)CCC2CCCCC2C1.CCC(C)(C)C(=O)OC1(C)CCCC2CCCCC21.CCCC.CCCC.CCCC.CCCC.CCCC. The Morgan fingerprint density at radius 3 is 0.932 bits per heavy atom. The molecule has 0 radical (unpaired) electrons. The van der Waals surface area contributed by atoms with Gasteiger partial charge in [0.25, 0.3) is 0 Å². The van der Waals surface area contributed by atoms with Gasteiger partial charge in [-0.2, -0.15) is 0 Å². The normalized spacial score (nSPS) is 31.4. The van der Waals surface area contributed by atoms with Crippen LogP contribution in [0.3, 0.4) is 0 Å². The molecule has 0 aromatic heterocycles. The molecule has 0 heterocycles. The topological polar surface area (TPSA) is 158 Å². The highest BCUT2D eigenvalue weighted by atomic mass is 16.6. The molecule has 17 fully saturated rings. The lowest BCUT2D eigenvalue weighted by atomic mass is 9.46. The van der Waals surface area contributed by atoms with Crippen molar-refractivity contribution >= 4 is 35.8 Å². The Morgan fingerprint density at radius 2 is 0.565 bits per heavy atom. The molecule has 17 rings (SSSR count). The Hall–Kier alpha value is -3.18. The van der Waals surface area contributed by atoms with Gasteiger partial charge >= 0.3 is 35.8 Å². The van der Waals surface area contributed by atoms with Crippen LogP contribution in [0.2, 0.25) is 0 Å². The standard InChI is InChI=1S/C19H32O2.2C17H28O2.2C17H30O2.C14H24O2.5C4H10.C2H6.12CH4/c1-6-17(2,3)16(20)21-18(4,5)19-10-13-7-14(11-19)9-15(8-13)12-19;1-5-16(2,3)15(18)19-17(4)13-7-11-6-12(9-13)10-14(17)8-11;1-5-16(2,3)15(18)19-17(4)10-11-9-14(17)13-8-6-7-12(11)13;1-5-16(2,3)15(18)19-17(4)12-8-10-13-9-6-7-11-14(13)17;1-5-16(2,3)15(18)19-17(4)11-10-13-8-6-7-9-14(13)12-17;1-5-13(2,3)12(15)16-14(4)9-10-6-7-11(14)8-10;5*1-3-4-2;1-2;;;;;;;;;;;;/h13-15H,6-12H2,1-5H3;2*11-14H,5-10H2,1-4H3;2*13-14H,5-12H2,1-4H3;10-11H,5-9H2,1-4H3;5*3-4H2,1-2H3;1-2H3;12*1H4. The lowest BCUT2D eigenvalue weighted by Gasteiger charge is -2.61. The molecule has 17 aliphatic carbocycles. The Kier molecular flexibility index (Phi) is 79.0. The van der Waals surface area contributed by atoms with Crippen molar-refractivity contribution in [3.8, 4) is 0 Å². The van der Waals surface area contributed by atoms with Crippen molar-refractivity contribution in [1.82, 2.24) is 0 Å². The fourth-order valence-corrected chi connectivity index (χ4v) is 26.0. The Labute approximate surface area is 925 Å². The molecule has 0 saturated heterocycles. The summed E-state index contributed by atoms with van der Waals surface area (Å²) in [4.78, 5) is 74.3. The van der Waals surface area contributed by atoms with Crippen molar-refractivity contribution in [2.24, 2.45) is 139 Å². The van der Waals surface area contributed by atoms with Gasteiger partial charge < -0.3 is 28.4 Å². The molecule has 17 aliphatic rings. The molecule has 12 nitrogen and oxygen atoms in total. The van der Waals surface area contributed by atoms with Crippen LogP contribution in [0.5, 0.6) is 0 Å². The molecular formula is C135H276O12. The van der Waals surface area contributed by atoms with E-state index in [1.807, 2.05) is 104 Å². The second-order valence-electron chi connectivity index (χ2n) is 52.1. The van der Waals surface area contributed by atoms with Gasteiger partial charge in [0, 0.05) is 17.3 Å². The molecule has 0 amide bonds. The lowest BCUT2D eigenvalue weighted by molar-refractivity contribution is -0.211.